The molecule has 1 N–H and O–H groups in total. The van der Waals surface area contributed by atoms with Crippen molar-refractivity contribution >= 4 is 33.9 Å². The molecule has 0 radical (unpaired) electrons. The zero-order chi connectivity index (χ0) is 15.9. The van der Waals surface area contributed by atoms with Crippen molar-refractivity contribution in [2.75, 3.05) is 7.11 Å². The standard InChI is InChI=1S/C16H20BrNO3/c1-4-10-16(2,15(20)21-3)18-14(19)9-8-12-6-5-7-13(17)11-12/h5-9,11H,4,10H2,1-3H3,(H,18,19)/b9-8+. The molecule has 0 saturated heterocycles. The summed E-state index contributed by atoms with van der Waals surface area (Å²) in [7, 11) is 1.32. The van der Waals surface area contributed by atoms with Gasteiger partial charge in [0.05, 0.1) is 7.11 Å². The highest BCUT2D eigenvalue weighted by Gasteiger charge is 2.34. The Morgan fingerprint density at radius 2 is 2.14 bits per heavy atom. The number of rotatable bonds is 6. The predicted octanol–water partition coefficient (Wildman–Crippen LogP) is 3.31. The van der Waals surface area contributed by atoms with E-state index in [1.54, 1.807) is 13.0 Å². The van der Waals surface area contributed by atoms with Crippen molar-refractivity contribution in [2.45, 2.75) is 32.2 Å². The molecule has 4 nitrogen and oxygen atoms in total. The second-order valence-electron chi connectivity index (χ2n) is 4.95. The fourth-order valence-electron chi connectivity index (χ4n) is 2.04. The zero-order valence-electron chi connectivity index (χ0n) is 12.5. The highest BCUT2D eigenvalue weighted by molar-refractivity contribution is 9.10. The van der Waals surface area contributed by atoms with E-state index in [0.717, 1.165) is 16.5 Å². The van der Waals surface area contributed by atoms with Gasteiger partial charge in [0, 0.05) is 10.5 Å². The lowest BCUT2D eigenvalue weighted by atomic mass is 9.96. The fourth-order valence-corrected chi connectivity index (χ4v) is 2.45. The maximum atomic E-state index is 12.0. The van der Waals surface area contributed by atoms with Crippen molar-refractivity contribution in [3.8, 4) is 0 Å². The highest BCUT2D eigenvalue weighted by atomic mass is 79.9. The molecule has 0 bridgehead atoms. The van der Waals surface area contributed by atoms with E-state index in [1.807, 2.05) is 31.2 Å². The molecular weight excluding hydrogens is 334 g/mol. The molecule has 1 amide bonds. The number of carbonyl (C=O) groups is 2. The van der Waals surface area contributed by atoms with Gasteiger partial charge < -0.3 is 10.1 Å². The van der Waals surface area contributed by atoms with E-state index in [0.29, 0.717) is 6.42 Å². The molecule has 1 aromatic carbocycles. The molecule has 0 aliphatic rings. The Labute approximate surface area is 133 Å². The topological polar surface area (TPSA) is 55.4 Å². The average Bonchev–Trinajstić information content (AvgIpc) is 2.44. The van der Waals surface area contributed by atoms with Crippen LogP contribution in [0.2, 0.25) is 0 Å². The van der Waals surface area contributed by atoms with E-state index in [9.17, 15) is 9.59 Å². The van der Waals surface area contributed by atoms with E-state index < -0.39 is 11.5 Å². The van der Waals surface area contributed by atoms with Crippen LogP contribution >= 0.6 is 15.9 Å². The number of esters is 1. The van der Waals surface area contributed by atoms with Crippen molar-refractivity contribution < 1.29 is 14.3 Å². The van der Waals surface area contributed by atoms with Gasteiger partial charge in [-0.15, -0.1) is 0 Å². The van der Waals surface area contributed by atoms with E-state index in [2.05, 4.69) is 21.2 Å². The first-order valence-electron chi connectivity index (χ1n) is 6.75. The van der Waals surface area contributed by atoms with E-state index in [1.165, 1.54) is 13.2 Å². The summed E-state index contributed by atoms with van der Waals surface area (Å²) in [5.74, 6) is -0.759. The molecule has 0 aromatic heterocycles. The summed E-state index contributed by atoms with van der Waals surface area (Å²) >= 11 is 3.37. The number of methoxy groups -OCH3 is 1. The number of nitrogens with one attached hydrogen (secondary N) is 1. The number of halogens is 1. The van der Waals surface area contributed by atoms with Crippen LogP contribution in [0.4, 0.5) is 0 Å². The van der Waals surface area contributed by atoms with Gasteiger partial charge in [-0.1, -0.05) is 41.4 Å². The number of amides is 1. The molecule has 0 aliphatic carbocycles. The monoisotopic (exact) mass is 353 g/mol. The van der Waals surface area contributed by atoms with Crippen LogP contribution in [0, 0.1) is 0 Å². The molecule has 1 rings (SSSR count). The Morgan fingerprint density at radius 1 is 1.43 bits per heavy atom. The van der Waals surface area contributed by atoms with Crippen LogP contribution < -0.4 is 5.32 Å². The molecule has 1 atom stereocenters. The molecule has 0 aliphatic heterocycles. The van der Waals surface area contributed by atoms with Crippen molar-refractivity contribution in [3.63, 3.8) is 0 Å². The van der Waals surface area contributed by atoms with E-state index in [4.69, 9.17) is 4.74 Å². The van der Waals surface area contributed by atoms with Crippen LogP contribution in [0.25, 0.3) is 6.08 Å². The van der Waals surface area contributed by atoms with Crippen molar-refractivity contribution in [1.82, 2.24) is 5.32 Å². The van der Waals surface area contributed by atoms with Crippen LogP contribution in [0.5, 0.6) is 0 Å². The lowest BCUT2D eigenvalue weighted by molar-refractivity contribution is -0.150. The molecule has 1 unspecified atom stereocenters. The van der Waals surface area contributed by atoms with Crippen LogP contribution in [-0.4, -0.2) is 24.5 Å². The molecular formula is C16H20BrNO3. The lowest BCUT2D eigenvalue weighted by Gasteiger charge is -2.26. The Bertz CT molecular complexity index is 542. The molecule has 114 valence electrons. The third-order valence-electron chi connectivity index (χ3n) is 3.06. The first kappa shape index (κ1) is 17.4. The van der Waals surface area contributed by atoms with Gasteiger partial charge in [-0.2, -0.15) is 0 Å². The van der Waals surface area contributed by atoms with E-state index >= 15 is 0 Å². The number of hydrogen-bond donors (Lipinski definition) is 1. The number of hydrogen-bond acceptors (Lipinski definition) is 3. The van der Waals surface area contributed by atoms with Gasteiger partial charge in [0.15, 0.2) is 0 Å². The zero-order valence-corrected chi connectivity index (χ0v) is 14.1. The van der Waals surface area contributed by atoms with Gasteiger partial charge in [0.2, 0.25) is 5.91 Å². The maximum Gasteiger partial charge on any atom is 0.331 e. The Hall–Kier alpha value is -1.62. The second-order valence-corrected chi connectivity index (χ2v) is 5.87. The van der Waals surface area contributed by atoms with E-state index in [-0.39, 0.29) is 5.91 Å². The number of carbonyl (C=O) groups excluding carboxylic acids is 2. The van der Waals surface area contributed by atoms with Crippen molar-refractivity contribution in [2.24, 2.45) is 0 Å². The number of benzene rings is 1. The largest absolute Gasteiger partial charge is 0.467 e. The molecule has 0 heterocycles. The lowest BCUT2D eigenvalue weighted by Crippen LogP contribution is -2.52. The summed E-state index contributed by atoms with van der Waals surface area (Å²) in [6.45, 7) is 3.62. The normalized spacial score (nSPS) is 13.7. The smallest absolute Gasteiger partial charge is 0.331 e. The Balaban J connectivity index is 2.76. The molecule has 1 aromatic rings. The van der Waals surface area contributed by atoms with Gasteiger partial charge in [-0.05, 0) is 37.1 Å². The Kier molecular flexibility index (Phi) is 6.62. The maximum absolute atomic E-state index is 12.0. The summed E-state index contributed by atoms with van der Waals surface area (Å²) in [6, 6.07) is 7.58. The van der Waals surface area contributed by atoms with Crippen molar-refractivity contribution in [3.05, 3.63) is 40.4 Å². The third-order valence-corrected chi connectivity index (χ3v) is 3.55. The SMILES string of the molecule is CCCC(C)(NC(=O)/C=C/c1cccc(Br)c1)C(=O)OC. The van der Waals surface area contributed by atoms with Gasteiger partial charge in [-0.3, -0.25) is 4.79 Å². The first-order chi connectivity index (χ1) is 9.91. The second kappa shape index (κ2) is 7.98. The van der Waals surface area contributed by atoms with Crippen LogP contribution in [0.15, 0.2) is 34.8 Å². The quantitative estimate of drug-likeness (QED) is 0.630. The summed E-state index contributed by atoms with van der Waals surface area (Å²) in [5.41, 5.74) is -0.0999. The Morgan fingerprint density at radius 3 is 2.71 bits per heavy atom. The van der Waals surface area contributed by atoms with Gasteiger partial charge in [0.25, 0.3) is 0 Å². The molecule has 21 heavy (non-hydrogen) atoms. The molecule has 0 spiro atoms. The molecule has 5 heteroatoms. The predicted molar refractivity (Wildman–Crippen MR) is 86.6 cm³/mol. The third kappa shape index (κ3) is 5.34. The fraction of sp³-hybridized carbons (Fsp3) is 0.375. The minimum Gasteiger partial charge on any atom is -0.467 e. The minimum absolute atomic E-state index is 0.323. The van der Waals surface area contributed by atoms with Gasteiger partial charge in [-0.25, -0.2) is 4.79 Å². The molecule has 0 fully saturated rings. The number of ether oxygens (including phenoxy) is 1. The van der Waals surface area contributed by atoms with Crippen LogP contribution in [0.3, 0.4) is 0 Å². The summed E-state index contributed by atoms with van der Waals surface area (Å²) < 4.78 is 5.70. The van der Waals surface area contributed by atoms with Crippen LogP contribution in [-0.2, 0) is 14.3 Å². The minimum atomic E-state index is -0.998. The van der Waals surface area contributed by atoms with Crippen LogP contribution in [0.1, 0.15) is 32.3 Å². The highest BCUT2D eigenvalue weighted by Crippen LogP contribution is 2.15. The summed E-state index contributed by atoms with van der Waals surface area (Å²) in [5, 5.41) is 2.72. The van der Waals surface area contributed by atoms with Gasteiger partial charge in [0.1, 0.15) is 5.54 Å². The average molecular weight is 354 g/mol. The summed E-state index contributed by atoms with van der Waals surface area (Å²) in [6.07, 6.45) is 4.40. The van der Waals surface area contributed by atoms with Crippen molar-refractivity contribution in [1.29, 1.82) is 0 Å². The molecule has 0 saturated carbocycles. The van der Waals surface area contributed by atoms with Gasteiger partial charge >= 0.3 is 5.97 Å². The summed E-state index contributed by atoms with van der Waals surface area (Å²) in [4.78, 5) is 23.8. The first-order valence-corrected chi connectivity index (χ1v) is 7.55.